The molecular formula is C11H13BrO3. The zero-order chi connectivity index (χ0) is 11.3. The van der Waals surface area contributed by atoms with Gasteiger partial charge in [0.1, 0.15) is 5.75 Å². The second kappa shape index (κ2) is 5.75. The first-order chi connectivity index (χ1) is 7.13. The lowest BCUT2D eigenvalue weighted by Crippen LogP contribution is -2.05. The number of phenolic OH excluding ortho intramolecular Hbond substituents is 1. The Morgan fingerprint density at radius 1 is 1.53 bits per heavy atom. The molecule has 15 heavy (non-hydrogen) atoms. The van der Waals surface area contributed by atoms with Gasteiger partial charge in [-0.2, -0.15) is 0 Å². The molecule has 0 aliphatic carbocycles. The predicted molar refractivity (Wildman–Crippen MR) is 60.8 cm³/mol. The highest BCUT2D eigenvalue weighted by Gasteiger charge is 2.06. The van der Waals surface area contributed by atoms with Crippen molar-refractivity contribution in [3.05, 3.63) is 28.2 Å². The summed E-state index contributed by atoms with van der Waals surface area (Å²) in [4.78, 5) is 11.1. The summed E-state index contributed by atoms with van der Waals surface area (Å²) >= 11 is 3.31. The van der Waals surface area contributed by atoms with Gasteiger partial charge in [0.05, 0.1) is 6.61 Å². The number of rotatable bonds is 4. The van der Waals surface area contributed by atoms with Crippen molar-refractivity contribution >= 4 is 21.9 Å². The smallest absolute Gasteiger partial charge is 0.306 e. The van der Waals surface area contributed by atoms with Crippen molar-refractivity contribution in [1.82, 2.24) is 0 Å². The molecule has 1 aromatic carbocycles. The molecule has 0 spiro atoms. The maximum absolute atomic E-state index is 11.1. The van der Waals surface area contributed by atoms with Gasteiger partial charge in [-0.15, -0.1) is 0 Å². The molecule has 0 saturated carbocycles. The van der Waals surface area contributed by atoms with Crippen LogP contribution in [-0.4, -0.2) is 17.7 Å². The van der Waals surface area contributed by atoms with E-state index >= 15 is 0 Å². The van der Waals surface area contributed by atoms with Gasteiger partial charge in [0, 0.05) is 10.9 Å². The summed E-state index contributed by atoms with van der Waals surface area (Å²) in [6, 6.07) is 5.16. The Hall–Kier alpha value is -1.03. The molecule has 0 atom stereocenters. The Labute approximate surface area is 97.2 Å². The molecule has 0 bridgehead atoms. The van der Waals surface area contributed by atoms with Gasteiger partial charge in [0.25, 0.3) is 0 Å². The second-order valence-electron chi connectivity index (χ2n) is 3.08. The molecule has 0 unspecified atom stereocenters. The third-order valence-electron chi connectivity index (χ3n) is 1.95. The van der Waals surface area contributed by atoms with Gasteiger partial charge in [-0.1, -0.05) is 15.9 Å². The van der Waals surface area contributed by atoms with Crippen molar-refractivity contribution in [2.45, 2.75) is 19.8 Å². The van der Waals surface area contributed by atoms with Crippen LogP contribution in [0, 0.1) is 0 Å². The van der Waals surface area contributed by atoms with Gasteiger partial charge in [-0.05, 0) is 37.1 Å². The summed E-state index contributed by atoms with van der Waals surface area (Å²) in [5, 5.41) is 9.50. The number of phenols is 1. The molecule has 4 heteroatoms. The van der Waals surface area contributed by atoms with Crippen LogP contribution in [0.3, 0.4) is 0 Å². The molecule has 0 amide bonds. The number of carbonyl (C=O) groups excluding carboxylic acids is 1. The minimum Gasteiger partial charge on any atom is -0.508 e. The number of esters is 1. The Balaban J connectivity index is 2.57. The maximum atomic E-state index is 11.1. The van der Waals surface area contributed by atoms with Crippen molar-refractivity contribution in [1.29, 1.82) is 0 Å². The van der Waals surface area contributed by atoms with Crippen LogP contribution in [0.1, 0.15) is 18.9 Å². The summed E-state index contributed by atoms with van der Waals surface area (Å²) in [6.07, 6.45) is 0.780. The SMILES string of the molecule is CCOC(=O)CCc1cc(Br)ccc1O. The van der Waals surface area contributed by atoms with E-state index in [9.17, 15) is 9.90 Å². The van der Waals surface area contributed by atoms with Gasteiger partial charge in [-0.3, -0.25) is 4.79 Å². The lowest BCUT2D eigenvalue weighted by molar-refractivity contribution is -0.143. The highest BCUT2D eigenvalue weighted by molar-refractivity contribution is 9.10. The van der Waals surface area contributed by atoms with E-state index in [1.807, 2.05) is 0 Å². The second-order valence-corrected chi connectivity index (χ2v) is 3.99. The summed E-state index contributed by atoms with van der Waals surface area (Å²) < 4.78 is 5.69. The molecule has 1 aromatic rings. The summed E-state index contributed by atoms with van der Waals surface area (Å²) in [5.41, 5.74) is 0.748. The minimum absolute atomic E-state index is 0.211. The molecule has 3 nitrogen and oxygen atoms in total. The van der Waals surface area contributed by atoms with Crippen LogP contribution in [0.5, 0.6) is 5.75 Å². The van der Waals surface area contributed by atoms with Crippen LogP contribution in [0.25, 0.3) is 0 Å². The zero-order valence-electron chi connectivity index (χ0n) is 8.50. The molecule has 0 aliphatic heterocycles. The number of halogens is 1. The first-order valence-corrected chi connectivity index (χ1v) is 5.55. The maximum Gasteiger partial charge on any atom is 0.306 e. The number of aryl methyl sites for hydroxylation is 1. The number of carbonyl (C=O) groups is 1. The van der Waals surface area contributed by atoms with Crippen molar-refractivity contribution in [3.63, 3.8) is 0 Å². The highest BCUT2D eigenvalue weighted by atomic mass is 79.9. The number of aromatic hydroxyl groups is 1. The summed E-state index contributed by atoms with van der Waals surface area (Å²) in [5.74, 6) is -0.0284. The zero-order valence-corrected chi connectivity index (χ0v) is 10.1. The third kappa shape index (κ3) is 3.91. The van der Waals surface area contributed by atoms with Crippen molar-refractivity contribution in [3.8, 4) is 5.75 Å². The quantitative estimate of drug-likeness (QED) is 0.858. The number of ether oxygens (including phenoxy) is 1. The number of hydrogen-bond acceptors (Lipinski definition) is 3. The molecule has 0 aliphatic rings. The average molecular weight is 273 g/mol. The molecular weight excluding hydrogens is 260 g/mol. The van der Waals surface area contributed by atoms with Crippen molar-refractivity contribution < 1.29 is 14.6 Å². The van der Waals surface area contributed by atoms with E-state index in [2.05, 4.69) is 15.9 Å². The monoisotopic (exact) mass is 272 g/mol. The van der Waals surface area contributed by atoms with Crippen LogP contribution >= 0.6 is 15.9 Å². The Morgan fingerprint density at radius 2 is 2.27 bits per heavy atom. The topological polar surface area (TPSA) is 46.5 Å². The van der Waals surface area contributed by atoms with E-state index in [-0.39, 0.29) is 18.1 Å². The third-order valence-corrected chi connectivity index (χ3v) is 2.44. The molecule has 0 aromatic heterocycles. The van der Waals surface area contributed by atoms with Gasteiger partial charge < -0.3 is 9.84 Å². The normalized spacial score (nSPS) is 10.0. The van der Waals surface area contributed by atoms with Crippen LogP contribution in [0.4, 0.5) is 0 Å². The first kappa shape index (κ1) is 12.0. The van der Waals surface area contributed by atoms with E-state index in [1.54, 1.807) is 25.1 Å². The number of benzene rings is 1. The lowest BCUT2D eigenvalue weighted by Gasteiger charge is -2.05. The van der Waals surface area contributed by atoms with Gasteiger partial charge in [0.2, 0.25) is 0 Å². The van der Waals surface area contributed by atoms with E-state index in [4.69, 9.17) is 4.74 Å². The van der Waals surface area contributed by atoms with Crippen molar-refractivity contribution in [2.75, 3.05) is 6.61 Å². The Bertz CT molecular complexity index is 350. The first-order valence-electron chi connectivity index (χ1n) is 4.76. The molecule has 82 valence electrons. The molecule has 1 N–H and O–H groups in total. The fourth-order valence-electron chi connectivity index (χ4n) is 1.22. The number of hydrogen-bond donors (Lipinski definition) is 1. The average Bonchev–Trinajstić information content (AvgIpc) is 2.20. The fourth-order valence-corrected chi connectivity index (χ4v) is 1.63. The minimum atomic E-state index is -0.239. The molecule has 0 radical (unpaired) electrons. The van der Waals surface area contributed by atoms with Gasteiger partial charge in [0.15, 0.2) is 0 Å². The summed E-state index contributed by atoms with van der Waals surface area (Å²) in [7, 11) is 0. The molecule has 0 heterocycles. The molecule has 0 fully saturated rings. The fraction of sp³-hybridized carbons (Fsp3) is 0.364. The standard InChI is InChI=1S/C11H13BrO3/c1-2-15-11(14)6-3-8-7-9(12)4-5-10(8)13/h4-5,7,13H,2-3,6H2,1H3. The van der Waals surface area contributed by atoms with Crippen LogP contribution < -0.4 is 0 Å². The highest BCUT2D eigenvalue weighted by Crippen LogP contribution is 2.23. The van der Waals surface area contributed by atoms with E-state index in [1.165, 1.54) is 0 Å². The largest absolute Gasteiger partial charge is 0.508 e. The molecule has 0 saturated heterocycles. The van der Waals surface area contributed by atoms with Crippen LogP contribution in [0.15, 0.2) is 22.7 Å². The lowest BCUT2D eigenvalue weighted by atomic mass is 10.1. The predicted octanol–water partition coefficient (Wildman–Crippen LogP) is 2.65. The van der Waals surface area contributed by atoms with E-state index < -0.39 is 0 Å². The summed E-state index contributed by atoms with van der Waals surface area (Å²) in [6.45, 7) is 2.16. The van der Waals surface area contributed by atoms with Crippen LogP contribution in [0.2, 0.25) is 0 Å². The van der Waals surface area contributed by atoms with E-state index in [0.717, 1.165) is 10.0 Å². The van der Waals surface area contributed by atoms with Crippen molar-refractivity contribution in [2.24, 2.45) is 0 Å². The van der Waals surface area contributed by atoms with Gasteiger partial charge >= 0.3 is 5.97 Å². The Kier molecular flexibility index (Phi) is 4.62. The molecule has 1 rings (SSSR count). The van der Waals surface area contributed by atoms with Crippen LogP contribution in [-0.2, 0) is 16.0 Å². The van der Waals surface area contributed by atoms with E-state index in [0.29, 0.717) is 13.0 Å². The van der Waals surface area contributed by atoms with Gasteiger partial charge in [-0.25, -0.2) is 0 Å². The Morgan fingerprint density at radius 3 is 2.93 bits per heavy atom.